The van der Waals surface area contributed by atoms with Crippen molar-refractivity contribution < 1.29 is 17.2 Å². The van der Waals surface area contributed by atoms with E-state index < -0.39 is 27.2 Å². The van der Waals surface area contributed by atoms with Gasteiger partial charge in [-0.15, -0.1) is 0 Å². The van der Waals surface area contributed by atoms with Crippen LogP contribution < -0.4 is 10.9 Å². The molecule has 3 heterocycles. The van der Waals surface area contributed by atoms with Gasteiger partial charge in [0, 0.05) is 36.9 Å². The topological polar surface area (TPSA) is 97.2 Å². The highest BCUT2D eigenvalue weighted by atomic mass is 32.2. The largest absolute Gasteiger partial charge is 0.351 e. The van der Waals surface area contributed by atoms with Crippen molar-refractivity contribution in [1.82, 2.24) is 18.8 Å². The SMILES string of the molecule is CCC(C)n1cc(-c2nc(NC3CCN(S(=O)(=O)CC)CC3)ncc2F)cc(F)c1=O. The molecule has 0 spiro atoms. The number of nitrogens with zero attached hydrogens (tertiary/aromatic N) is 4. The van der Waals surface area contributed by atoms with Crippen LogP contribution in [-0.2, 0) is 10.0 Å². The van der Waals surface area contributed by atoms with Crippen molar-refractivity contribution >= 4 is 16.0 Å². The molecule has 0 radical (unpaired) electrons. The summed E-state index contributed by atoms with van der Waals surface area (Å²) in [6.07, 6.45) is 4.13. The summed E-state index contributed by atoms with van der Waals surface area (Å²) in [5.74, 6) is -1.49. The van der Waals surface area contributed by atoms with Crippen LogP contribution in [0, 0.1) is 11.6 Å². The molecule has 3 rings (SSSR count). The summed E-state index contributed by atoms with van der Waals surface area (Å²) < 4.78 is 55.4. The number of aromatic nitrogens is 3. The minimum Gasteiger partial charge on any atom is -0.351 e. The van der Waals surface area contributed by atoms with Gasteiger partial charge in [-0.3, -0.25) is 4.79 Å². The molecule has 0 aliphatic carbocycles. The van der Waals surface area contributed by atoms with E-state index in [0.717, 1.165) is 12.3 Å². The molecule has 0 aromatic carbocycles. The summed E-state index contributed by atoms with van der Waals surface area (Å²) in [7, 11) is -3.23. The minimum absolute atomic E-state index is 0.0604. The second-order valence-electron chi connectivity index (χ2n) is 7.65. The highest BCUT2D eigenvalue weighted by molar-refractivity contribution is 7.89. The average molecular weight is 456 g/mol. The second kappa shape index (κ2) is 9.39. The number of piperidine rings is 1. The van der Waals surface area contributed by atoms with Gasteiger partial charge in [-0.2, -0.15) is 0 Å². The van der Waals surface area contributed by atoms with Crippen LogP contribution in [0.2, 0.25) is 0 Å². The van der Waals surface area contributed by atoms with E-state index >= 15 is 0 Å². The van der Waals surface area contributed by atoms with Crippen LogP contribution in [0.1, 0.15) is 46.1 Å². The number of nitrogens with one attached hydrogen (secondary N) is 1. The first-order chi connectivity index (χ1) is 14.7. The van der Waals surface area contributed by atoms with E-state index in [9.17, 15) is 22.0 Å². The van der Waals surface area contributed by atoms with E-state index in [1.165, 1.54) is 15.1 Å². The Labute approximate surface area is 180 Å². The predicted molar refractivity (Wildman–Crippen MR) is 114 cm³/mol. The molecule has 31 heavy (non-hydrogen) atoms. The fourth-order valence-electron chi connectivity index (χ4n) is 3.50. The van der Waals surface area contributed by atoms with Gasteiger partial charge in [-0.1, -0.05) is 6.92 Å². The molecule has 11 heteroatoms. The Morgan fingerprint density at radius 3 is 2.52 bits per heavy atom. The van der Waals surface area contributed by atoms with Gasteiger partial charge in [0.15, 0.2) is 11.6 Å². The van der Waals surface area contributed by atoms with Gasteiger partial charge >= 0.3 is 0 Å². The van der Waals surface area contributed by atoms with E-state index in [2.05, 4.69) is 15.3 Å². The summed E-state index contributed by atoms with van der Waals surface area (Å²) >= 11 is 0. The van der Waals surface area contributed by atoms with Crippen LogP contribution in [0.4, 0.5) is 14.7 Å². The summed E-state index contributed by atoms with van der Waals surface area (Å²) in [6.45, 7) is 6.02. The monoisotopic (exact) mass is 455 g/mol. The Morgan fingerprint density at radius 2 is 1.90 bits per heavy atom. The average Bonchev–Trinajstić information content (AvgIpc) is 2.76. The van der Waals surface area contributed by atoms with Crippen LogP contribution in [0.5, 0.6) is 0 Å². The van der Waals surface area contributed by atoms with Crippen LogP contribution in [0.25, 0.3) is 11.3 Å². The number of sulfonamides is 1. The van der Waals surface area contributed by atoms with Crippen LogP contribution in [0.15, 0.2) is 23.3 Å². The smallest absolute Gasteiger partial charge is 0.286 e. The van der Waals surface area contributed by atoms with Crippen molar-refractivity contribution in [1.29, 1.82) is 0 Å². The maximum absolute atomic E-state index is 14.5. The predicted octanol–water partition coefficient (Wildman–Crippen LogP) is 2.78. The van der Waals surface area contributed by atoms with Gasteiger partial charge in [-0.25, -0.2) is 31.5 Å². The van der Waals surface area contributed by atoms with Gasteiger partial charge in [0.25, 0.3) is 5.56 Å². The Kier molecular flexibility index (Phi) is 7.05. The molecule has 1 aliphatic heterocycles. The van der Waals surface area contributed by atoms with Gasteiger partial charge in [0.05, 0.1) is 11.9 Å². The van der Waals surface area contributed by atoms with Gasteiger partial charge in [0.2, 0.25) is 16.0 Å². The third-order valence-corrected chi connectivity index (χ3v) is 7.51. The molecule has 2 aromatic heterocycles. The van der Waals surface area contributed by atoms with Crippen LogP contribution in [-0.4, -0.2) is 52.1 Å². The zero-order chi connectivity index (χ0) is 22.8. The second-order valence-corrected chi connectivity index (χ2v) is 9.91. The fraction of sp³-hybridized carbons (Fsp3) is 0.550. The van der Waals surface area contributed by atoms with E-state index in [-0.39, 0.29) is 35.0 Å². The normalized spacial score (nSPS) is 16.9. The lowest BCUT2D eigenvalue weighted by molar-refractivity contribution is 0.329. The van der Waals surface area contributed by atoms with Gasteiger partial charge < -0.3 is 9.88 Å². The molecular weight excluding hydrogens is 428 g/mol. The minimum atomic E-state index is -3.23. The Balaban J connectivity index is 1.82. The Hall–Kier alpha value is -2.40. The zero-order valence-electron chi connectivity index (χ0n) is 17.8. The van der Waals surface area contributed by atoms with Crippen molar-refractivity contribution in [2.75, 3.05) is 24.2 Å². The zero-order valence-corrected chi connectivity index (χ0v) is 18.6. The Bertz CT molecular complexity index is 1100. The first-order valence-electron chi connectivity index (χ1n) is 10.3. The molecule has 0 amide bonds. The van der Waals surface area contributed by atoms with Crippen molar-refractivity contribution in [3.63, 3.8) is 0 Å². The third-order valence-electron chi connectivity index (χ3n) is 5.63. The van der Waals surface area contributed by atoms with Crippen molar-refractivity contribution in [3.05, 3.63) is 40.4 Å². The molecule has 2 aromatic rings. The van der Waals surface area contributed by atoms with Crippen molar-refractivity contribution in [3.8, 4) is 11.3 Å². The molecule has 0 saturated carbocycles. The van der Waals surface area contributed by atoms with E-state index in [0.29, 0.717) is 32.4 Å². The van der Waals surface area contributed by atoms with E-state index in [4.69, 9.17) is 0 Å². The molecule has 1 N–H and O–H groups in total. The summed E-state index contributed by atoms with van der Waals surface area (Å²) in [4.78, 5) is 20.3. The van der Waals surface area contributed by atoms with Gasteiger partial charge in [-0.05, 0) is 39.2 Å². The molecule has 0 bridgehead atoms. The number of halogens is 2. The molecule has 1 atom stereocenters. The van der Waals surface area contributed by atoms with Crippen molar-refractivity contribution in [2.45, 2.75) is 52.1 Å². The fourth-order valence-corrected chi connectivity index (χ4v) is 4.64. The Morgan fingerprint density at radius 1 is 1.23 bits per heavy atom. The maximum atomic E-state index is 14.5. The highest BCUT2D eigenvalue weighted by Gasteiger charge is 2.27. The molecule has 1 saturated heterocycles. The first-order valence-corrected chi connectivity index (χ1v) is 12.0. The summed E-state index contributed by atoms with van der Waals surface area (Å²) in [5, 5.41) is 3.11. The molecule has 1 fully saturated rings. The molecule has 170 valence electrons. The van der Waals surface area contributed by atoms with E-state index in [1.807, 2.05) is 6.92 Å². The van der Waals surface area contributed by atoms with Crippen LogP contribution in [0.3, 0.4) is 0 Å². The first kappa shape index (κ1) is 23.3. The number of rotatable bonds is 7. The quantitative estimate of drug-likeness (QED) is 0.690. The summed E-state index contributed by atoms with van der Waals surface area (Å²) in [6, 6.07) is 0.645. The number of hydrogen-bond acceptors (Lipinski definition) is 6. The van der Waals surface area contributed by atoms with Crippen LogP contribution >= 0.6 is 0 Å². The molecular formula is C20H27F2N5O3S. The maximum Gasteiger partial charge on any atom is 0.286 e. The van der Waals surface area contributed by atoms with E-state index in [1.54, 1.807) is 13.8 Å². The summed E-state index contributed by atoms with van der Waals surface area (Å²) in [5.41, 5.74) is -0.733. The standard InChI is InChI=1S/C20H27F2N5O3S/c1-4-13(3)27-12-14(10-16(21)19(27)28)18-17(22)11-23-20(25-18)24-15-6-8-26(9-7-15)31(29,30)5-2/h10-13,15H,4-9H2,1-3H3,(H,23,24,25). The molecule has 1 unspecified atom stereocenters. The lowest BCUT2D eigenvalue weighted by atomic mass is 10.1. The van der Waals surface area contributed by atoms with Gasteiger partial charge in [0.1, 0.15) is 5.69 Å². The molecule has 8 nitrogen and oxygen atoms in total. The lowest BCUT2D eigenvalue weighted by Gasteiger charge is -2.31. The number of anilines is 1. The molecule has 1 aliphatic rings. The lowest BCUT2D eigenvalue weighted by Crippen LogP contribution is -2.43. The highest BCUT2D eigenvalue weighted by Crippen LogP contribution is 2.24. The van der Waals surface area contributed by atoms with Crippen molar-refractivity contribution in [2.24, 2.45) is 0 Å². The number of pyridine rings is 1. The third kappa shape index (κ3) is 5.09. The number of hydrogen-bond donors (Lipinski definition) is 1.